The highest BCUT2D eigenvalue weighted by Gasteiger charge is 2.16. The molecule has 2 aromatic heterocycles. The molecule has 1 amide bonds. The van der Waals surface area contributed by atoms with E-state index in [-0.39, 0.29) is 5.91 Å². The van der Waals surface area contributed by atoms with Gasteiger partial charge in [-0.15, -0.1) is 0 Å². The van der Waals surface area contributed by atoms with Crippen LogP contribution in [0, 0.1) is 0 Å². The van der Waals surface area contributed by atoms with E-state index in [1.165, 1.54) is 0 Å². The molecule has 0 unspecified atom stereocenters. The van der Waals surface area contributed by atoms with Gasteiger partial charge in [0.05, 0.1) is 6.20 Å². The number of amides is 1. The summed E-state index contributed by atoms with van der Waals surface area (Å²) in [5, 5.41) is 7.00. The standard InChI is InChI=1S/C12H16N4O/c1-3-6-13-11(17)10-9-14-15(2)12(10)16-7-4-5-8-16/h4-5,7-9H,3,6H2,1-2H3,(H,13,17). The Balaban J connectivity index is 2.33. The fourth-order valence-corrected chi connectivity index (χ4v) is 1.71. The molecule has 2 aromatic rings. The average Bonchev–Trinajstić information content (AvgIpc) is 2.94. The monoisotopic (exact) mass is 232 g/mol. The highest BCUT2D eigenvalue weighted by molar-refractivity contribution is 5.97. The van der Waals surface area contributed by atoms with Crippen molar-refractivity contribution in [2.24, 2.45) is 7.05 Å². The van der Waals surface area contributed by atoms with Gasteiger partial charge in [-0.25, -0.2) is 0 Å². The van der Waals surface area contributed by atoms with Crippen molar-refractivity contribution in [3.8, 4) is 5.82 Å². The summed E-state index contributed by atoms with van der Waals surface area (Å²) in [6.07, 6.45) is 6.31. The predicted octanol–water partition coefficient (Wildman–Crippen LogP) is 1.35. The Kier molecular flexibility index (Phi) is 3.27. The number of rotatable bonds is 4. The molecule has 0 aliphatic heterocycles. The summed E-state index contributed by atoms with van der Waals surface area (Å²) in [4.78, 5) is 12.0. The van der Waals surface area contributed by atoms with Crippen LogP contribution in [0.4, 0.5) is 0 Å². The minimum absolute atomic E-state index is 0.0800. The molecule has 5 heteroatoms. The highest BCUT2D eigenvalue weighted by atomic mass is 16.1. The van der Waals surface area contributed by atoms with Gasteiger partial charge in [-0.05, 0) is 18.6 Å². The molecule has 0 fully saturated rings. The average molecular weight is 232 g/mol. The van der Waals surface area contributed by atoms with Crippen molar-refractivity contribution < 1.29 is 4.79 Å². The molecular weight excluding hydrogens is 216 g/mol. The van der Waals surface area contributed by atoms with E-state index < -0.39 is 0 Å². The molecule has 2 heterocycles. The summed E-state index contributed by atoms with van der Waals surface area (Å²) in [6, 6.07) is 3.83. The van der Waals surface area contributed by atoms with E-state index in [4.69, 9.17) is 0 Å². The smallest absolute Gasteiger partial charge is 0.256 e. The van der Waals surface area contributed by atoms with Gasteiger partial charge < -0.3 is 9.88 Å². The molecule has 0 saturated carbocycles. The SMILES string of the molecule is CCCNC(=O)c1cnn(C)c1-n1cccc1. The van der Waals surface area contributed by atoms with Crippen molar-refractivity contribution in [3.05, 3.63) is 36.3 Å². The fraction of sp³-hybridized carbons (Fsp3) is 0.333. The topological polar surface area (TPSA) is 51.9 Å². The van der Waals surface area contributed by atoms with E-state index >= 15 is 0 Å². The number of hydrogen-bond acceptors (Lipinski definition) is 2. The summed E-state index contributed by atoms with van der Waals surface area (Å²) in [5.41, 5.74) is 0.595. The molecule has 0 aliphatic rings. The molecule has 1 N–H and O–H groups in total. The van der Waals surface area contributed by atoms with Crippen molar-refractivity contribution in [1.29, 1.82) is 0 Å². The van der Waals surface area contributed by atoms with Crippen LogP contribution in [0.3, 0.4) is 0 Å². The van der Waals surface area contributed by atoms with Gasteiger partial charge in [-0.1, -0.05) is 6.92 Å². The third-order valence-corrected chi connectivity index (χ3v) is 2.54. The van der Waals surface area contributed by atoms with Gasteiger partial charge in [0, 0.05) is 26.0 Å². The molecule has 90 valence electrons. The number of carbonyl (C=O) groups is 1. The Morgan fingerprint density at radius 1 is 1.41 bits per heavy atom. The number of aromatic nitrogens is 3. The van der Waals surface area contributed by atoms with Gasteiger partial charge in [-0.2, -0.15) is 5.10 Å². The first-order valence-electron chi connectivity index (χ1n) is 5.67. The summed E-state index contributed by atoms with van der Waals surface area (Å²) in [7, 11) is 1.83. The maximum atomic E-state index is 12.0. The summed E-state index contributed by atoms with van der Waals surface area (Å²) >= 11 is 0. The van der Waals surface area contributed by atoms with Crippen molar-refractivity contribution in [1.82, 2.24) is 19.7 Å². The molecule has 0 aromatic carbocycles. The number of nitrogens with zero attached hydrogens (tertiary/aromatic N) is 3. The van der Waals surface area contributed by atoms with Gasteiger partial charge in [0.15, 0.2) is 0 Å². The van der Waals surface area contributed by atoms with Crippen LogP contribution in [0.5, 0.6) is 0 Å². The van der Waals surface area contributed by atoms with Crippen LogP contribution in [-0.4, -0.2) is 26.8 Å². The Labute approximate surface area is 100 Å². The van der Waals surface area contributed by atoms with Gasteiger partial charge in [0.25, 0.3) is 5.91 Å². The number of carbonyl (C=O) groups excluding carboxylic acids is 1. The molecule has 0 radical (unpaired) electrons. The minimum Gasteiger partial charge on any atom is -0.352 e. The lowest BCUT2D eigenvalue weighted by Gasteiger charge is -2.07. The summed E-state index contributed by atoms with van der Waals surface area (Å²) in [5.74, 6) is 0.701. The Bertz CT molecular complexity index is 499. The summed E-state index contributed by atoms with van der Waals surface area (Å²) in [6.45, 7) is 2.70. The van der Waals surface area contributed by atoms with Crippen molar-refractivity contribution >= 4 is 5.91 Å². The molecule has 2 rings (SSSR count). The van der Waals surface area contributed by atoms with Gasteiger partial charge >= 0.3 is 0 Å². The van der Waals surface area contributed by atoms with Crippen LogP contribution in [0.1, 0.15) is 23.7 Å². The second-order valence-corrected chi connectivity index (χ2v) is 3.85. The first-order valence-corrected chi connectivity index (χ1v) is 5.67. The maximum Gasteiger partial charge on any atom is 0.256 e. The van der Waals surface area contributed by atoms with Crippen molar-refractivity contribution in [2.45, 2.75) is 13.3 Å². The lowest BCUT2D eigenvalue weighted by molar-refractivity contribution is 0.0953. The Hall–Kier alpha value is -2.04. The first kappa shape index (κ1) is 11.4. The fourth-order valence-electron chi connectivity index (χ4n) is 1.71. The second kappa shape index (κ2) is 4.86. The lowest BCUT2D eigenvalue weighted by atomic mass is 10.3. The number of nitrogens with one attached hydrogen (secondary N) is 1. The van der Waals surface area contributed by atoms with E-state index in [0.717, 1.165) is 12.2 Å². The first-order chi connectivity index (χ1) is 8.24. The van der Waals surface area contributed by atoms with E-state index in [1.54, 1.807) is 10.9 Å². The molecule has 0 bridgehead atoms. The largest absolute Gasteiger partial charge is 0.352 e. The van der Waals surface area contributed by atoms with Crippen molar-refractivity contribution in [3.63, 3.8) is 0 Å². The Morgan fingerprint density at radius 2 is 2.12 bits per heavy atom. The molecule has 0 spiro atoms. The van der Waals surface area contributed by atoms with E-state index in [2.05, 4.69) is 10.4 Å². The zero-order chi connectivity index (χ0) is 12.3. The molecule has 0 atom stereocenters. The molecule has 17 heavy (non-hydrogen) atoms. The molecular formula is C12H16N4O. The van der Waals surface area contributed by atoms with Gasteiger partial charge in [0.2, 0.25) is 0 Å². The zero-order valence-electron chi connectivity index (χ0n) is 10.1. The van der Waals surface area contributed by atoms with Crippen LogP contribution in [0.15, 0.2) is 30.7 Å². The second-order valence-electron chi connectivity index (χ2n) is 3.85. The maximum absolute atomic E-state index is 12.0. The van der Waals surface area contributed by atoms with Crippen LogP contribution in [-0.2, 0) is 7.05 Å². The van der Waals surface area contributed by atoms with Gasteiger partial charge in [0.1, 0.15) is 11.4 Å². The van der Waals surface area contributed by atoms with E-state index in [0.29, 0.717) is 12.1 Å². The van der Waals surface area contributed by atoms with E-state index in [9.17, 15) is 4.79 Å². The molecule has 0 saturated heterocycles. The zero-order valence-corrected chi connectivity index (χ0v) is 10.1. The number of aryl methyl sites for hydroxylation is 1. The minimum atomic E-state index is -0.0800. The van der Waals surface area contributed by atoms with Crippen LogP contribution in [0.2, 0.25) is 0 Å². The normalized spacial score (nSPS) is 10.5. The third kappa shape index (κ3) is 2.22. The highest BCUT2D eigenvalue weighted by Crippen LogP contribution is 2.13. The van der Waals surface area contributed by atoms with Crippen LogP contribution in [0.25, 0.3) is 5.82 Å². The van der Waals surface area contributed by atoms with Gasteiger partial charge in [-0.3, -0.25) is 9.48 Å². The van der Waals surface area contributed by atoms with Crippen molar-refractivity contribution in [2.75, 3.05) is 6.54 Å². The van der Waals surface area contributed by atoms with Crippen LogP contribution < -0.4 is 5.32 Å². The number of hydrogen-bond donors (Lipinski definition) is 1. The molecule has 5 nitrogen and oxygen atoms in total. The third-order valence-electron chi connectivity index (χ3n) is 2.54. The Morgan fingerprint density at radius 3 is 2.76 bits per heavy atom. The van der Waals surface area contributed by atoms with E-state index in [1.807, 2.05) is 43.1 Å². The van der Waals surface area contributed by atoms with Crippen LogP contribution >= 0.6 is 0 Å². The summed E-state index contributed by atoms with van der Waals surface area (Å²) < 4.78 is 3.58. The predicted molar refractivity (Wildman–Crippen MR) is 65.2 cm³/mol. The quantitative estimate of drug-likeness (QED) is 0.865. The lowest BCUT2D eigenvalue weighted by Crippen LogP contribution is -2.25. The molecule has 0 aliphatic carbocycles.